The largest absolute Gasteiger partial charge is 0.397 e. The number of nitrogens with two attached hydrogens (primary N) is 1. The minimum absolute atomic E-state index is 0.408. The molecular formula is C20H16N2O. The molecule has 0 saturated carbocycles. The Morgan fingerprint density at radius 2 is 1.26 bits per heavy atom. The number of fused-ring (bicyclic) bond motifs is 2. The van der Waals surface area contributed by atoms with Gasteiger partial charge in [-0.15, -0.1) is 0 Å². The molecule has 0 fully saturated rings. The average molecular weight is 300 g/mol. The lowest BCUT2D eigenvalue weighted by atomic mass is 10.1. The van der Waals surface area contributed by atoms with Crippen molar-refractivity contribution in [3.63, 3.8) is 0 Å². The second-order valence-corrected chi connectivity index (χ2v) is 5.12. The van der Waals surface area contributed by atoms with E-state index in [1.807, 2.05) is 18.2 Å². The first-order valence-corrected chi connectivity index (χ1v) is 7.32. The number of nitrogen functional groups attached to an aromatic ring is 1. The Labute approximate surface area is 134 Å². The Morgan fingerprint density at radius 3 is 1.83 bits per heavy atom. The number of rotatable bonds is 1. The molecule has 1 heterocycles. The molecule has 2 N–H and O–H groups in total. The van der Waals surface area contributed by atoms with Crippen LogP contribution in [0.1, 0.15) is 10.5 Å². The highest BCUT2D eigenvalue weighted by Gasteiger charge is 1.99. The second-order valence-electron chi connectivity index (χ2n) is 5.12. The highest BCUT2D eigenvalue weighted by atomic mass is 16.1. The van der Waals surface area contributed by atoms with Gasteiger partial charge in [0, 0.05) is 5.39 Å². The van der Waals surface area contributed by atoms with E-state index in [0.29, 0.717) is 23.2 Å². The van der Waals surface area contributed by atoms with Crippen LogP contribution in [0.2, 0.25) is 0 Å². The predicted molar refractivity (Wildman–Crippen MR) is 95.5 cm³/mol. The van der Waals surface area contributed by atoms with Crippen molar-refractivity contribution in [2.75, 3.05) is 5.73 Å². The van der Waals surface area contributed by atoms with Gasteiger partial charge in [0.15, 0.2) is 6.29 Å². The molecule has 0 aliphatic rings. The molecule has 0 radical (unpaired) electrons. The quantitative estimate of drug-likeness (QED) is 0.417. The predicted octanol–water partition coefficient (Wildman–Crippen LogP) is 4.47. The molecule has 4 aromatic rings. The number of aldehydes is 1. The Balaban J connectivity index is 0.000000140. The Hall–Kier alpha value is -3.20. The van der Waals surface area contributed by atoms with Crippen molar-refractivity contribution in [2.45, 2.75) is 0 Å². The average Bonchev–Trinajstić information content (AvgIpc) is 2.62. The molecule has 0 amide bonds. The molecule has 0 aliphatic heterocycles. The number of carbonyl (C=O) groups is 1. The van der Waals surface area contributed by atoms with E-state index in [4.69, 9.17) is 5.73 Å². The number of anilines is 1. The van der Waals surface area contributed by atoms with Crippen LogP contribution in [0.5, 0.6) is 0 Å². The zero-order chi connectivity index (χ0) is 16.1. The van der Waals surface area contributed by atoms with Gasteiger partial charge in [-0.25, -0.2) is 4.98 Å². The Bertz CT molecular complexity index is 898. The Morgan fingerprint density at radius 1 is 0.696 bits per heavy atom. The molecule has 0 aliphatic carbocycles. The normalized spacial score (nSPS) is 10.1. The molecule has 1 aromatic heterocycles. The first kappa shape index (κ1) is 14.7. The summed E-state index contributed by atoms with van der Waals surface area (Å²) >= 11 is 0. The summed E-state index contributed by atoms with van der Waals surface area (Å²) in [5.41, 5.74) is 7.39. The highest BCUT2D eigenvalue weighted by Crippen LogP contribution is 2.18. The third-order valence-corrected chi connectivity index (χ3v) is 3.55. The first-order valence-electron chi connectivity index (χ1n) is 7.32. The van der Waals surface area contributed by atoms with Crippen LogP contribution in [0, 0.1) is 0 Å². The van der Waals surface area contributed by atoms with Gasteiger partial charge < -0.3 is 5.73 Å². The maximum atomic E-state index is 10.5. The number of aromatic nitrogens is 1. The Kier molecular flexibility index (Phi) is 4.29. The fraction of sp³-hybridized carbons (Fsp3) is 0. The lowest BCUT2D eigenvalue weighted by Crippen LogP contribution is -1.92. The summed E-state index contributed by atoms with van der Waals surface area (Å²) in [6.45, 7) is 0. The van der Waals surface area contributed by atoms with Crippen LogP contribution in [0.3, 0.4) is 0 Å². The van der Waals surface area contributed by atoms with Gasteiger partial charge in [0.25, 0.3) is 0 Å². The lowest BCUT2D eigenvalue weighted by molar-refractivity contribution is 0.111. The minimum atomic E-state index is 0.408. The maximum absolute atomic E-state index is 10.5. The van der Waals surface area contributed by atoms with Gasteiger partial charge in [-0.2, -0.15) is 0 Å². The summed E-state index contributed by atoms with van der Waals surface area (Å²) in [5, 5.41) is 3.57. The molecule has 23 heavy (non-hydrogen) atoms. The van der Waals surface area contributed by atoms with Crippen LogP contribution in [0.4, 0.5) is 5.69 Å². The SMILES string of the molecule is Nc1cccc2ccc(C=O)nc12.c1ccc2ccccc2c1. The lowest BCUT2D eigenvalue weighted by Gasteiger charge is -2.00. The fourth-order valence-electron chi connectivity index (χ4n) is 2.38. The number of para-hydroxylation sites is 1. The molecule has 3 aromatic carbocycles. The zero-order valence-corrected chi connectivity index (χ0v) is 12.5. The molecule has 0 saturated heterocycles. The van der Waals surface area contributed by atoms with E-state index in [1.165, 1.54) is 10.8 Å². The van der Waals surface area contributed by atoms with Crippen LogP contribution in [-0.4, -0.2) is 11.3 Å². The summed E-state index contributed by atoms with van der Waals surface area (Å²) < 4.78 is 0. The van der Waals surface area contributed by atoms with Crippen molar-refractivity contribution < 1.29 is 4.79 Å². The molecule has 0 unspecified atom stereocenters. The van der Waals surface area contributed by atoms with Crippen molar-refractivity contribution in [3.8, 4) is 0 Å². The summed E-state index contributed by atoms with van der Waals surface area (Å²) in [6, 6.07) is 25.8. The maximum Gasteiger partial charge on any atom is 0.168 e. The van der Waals surface area contributed by atoms with Crippen LogP contribution < -0.4 is 5.73 Å². The standard InChI is InChI=1S/C10H8N2O.C10H8/c11-9-3-1-2-7-4-5-8(6-13)12-10(7)9;1-2-6-10-8-4-3-7-9(10)5-1/h1-6H,11H2;1-8H. The zero-order valence-electron chi connectivity index (χ0n) is 12.5. The van der Waals surface area contributed by atoms with E-state index in [9.17, 15) is 4.79 Å². The molecular weight excluding hydrogens is 284 g/mol. The van der Waals surface area contributed by atoms with Crippen molar-refractivity contribution in [1.29, 1.82) is 0 Å². The van der Waals surface area contributed by atoms with E-state index in [-0.39, 0.29) is 0 Å². The monoisotopic (exact) mass is 300 g/mol. The molecule has 3 nitrogen and oxygen atoms in total. The van der Waals surface area contributed by atoms with Crippen molar-refractivity contribution in [1.82, 2.24) is 4.98 Å². The van der Waals surface area contributed by atoms with Gasteiger partial charge >= 0.3 is 0 Å². The summed E-state index contributed by atoms with van der Waals surface area (Å²) in [4.78, 5) is 14.6. The third-order valence-electron chi connectivity index (χ3n) is 3.55. The number of benzene rings is 3. The van der Waals surface area contributed by atoms with E-state index in [2.05, 4.69) is 53.5 Å². The number of carbonyl (C=O) groups excluding carboxylic acids is 1. The van der Waals surface area contributed by atoms with E-state index in [1.54, 1.807) is 12.1 Å². The number of hydrogen-bond acceptors (Lipinski definition) is 3. The second kappa shape index (κ2) is 6.71. The number of hydrogen-bond donors (Lipinski definition) is 1. The van der Waals surface area contributed by atoms with Gasteiger partial charge in [0.2, 0.25) is 0 Å². The van der Waals surface area contributed by atoms with Crippen molar-refractivity contribution in [2.24, 2.45) is 0 Å². The minimum Gasteiger partial charge on any atom is -0.397 e. The van der Waals surface area contributed by atoms with Crippen LogP contribution in [0.25, 0.3) is 21.7 Å². The van der Waals surface area contributed by atoms with E-state index < -0.39 is 0 Å². The molecule has 112 valence electrons. The van der Waals surface area contributed by atoms with Gasteiger partial charge in [0.1, 0.15) is 5.69 Å². The molecule has 0 bridgehead atoms. The van der Waals surface area contributed by atoms with Gasteiger partial charge in [-0.05, 0) is 22.9 Å². The van der Waals surface area contributed by atoms with E-state index in [0.717, 1.165) is 5.39 Å². The van der Waals surface area contributed by atoms with Crippen molar-refractivity contribution in [3.05, 3.63) is 84.6 Å². The van der Waals surface area contributed by atoms with Gasteiger partial charge in [-0.3, -0.25) is 4.79 Å². The summed E-state index contributed by atoms with van der Waals surface area (Å²) in [7, 11) is 0. The van der Waals surface area contributed by atoms with Gasteiger partial charge in [0.05, 0.1) is 11.2 Å². The molecule has 3 heteroatoms. The summed E-state index contributed by atoms with van der Waals surface area (Å²) in [6.07, 6.45) is 0.714. The van der Waals surface area contributed by atoms with E-state index >= 15 is 0 Å². The smallest absolute Gasteiger partial charge is 0.168 e. The number of nitrogens with zero attached hydrogens (tertiary/aromatic N) is 1. The van der Waals surface area contributed by atoms with Crippen molar-refractivity contribution >= 4 is 33.6 Å². The fourth-order valence-corrected chi connectivity index (χ4v) is 2.38. The molecule has 4 rings (SSSR count). The third kappa shape index (κ3) is 3.35. The topological polar surface area (TPSA) is 56.0 Å². The van der Waals surface area contributed by atoms with Crippen LogP contribution in [-0.2, 0) is 0 Å². The summed E-state index contributed by atoms with van der Waals surface area (Å²) in [5.74, 6) is 0. The molecule has 0 atom stereocenters. The van der Waals surface area contributed by atoms with Gasteiger partial charge in [-0.1, -0.05) is 66.7 Å². The van der Waals surface area contributed by atoms with Crippen LogP contribution in [0.15, 0.2) is 78.9 Å². The number of pyridine rings is 1. The first-order chi connectivity index (χ1) is 11.3. The highest BCUT2D eigenvalue weighted by molar-refractivity contribution is 5.91. The van der Waals surface area contributed by atoms with Crippen LogP contribution >= 0.6 is 0 Å². The molecule has 0 spiro atoms.